The zero-order valence-electron chi connectivity index (χ0n) is 4.46. The molecule has 2 radical (unpaired) electrons. The third kappa shape index (κ3) is 1.35. The number of hydrogen-bond acceptors (Lipinski definition) is 0. The molecule has 0 bridgehead atoms. The lowest BCUT2D eigenvalue weighted by atomic mass is 9.97. The Morgan fingerprint density at radius 1 is 1.12 bits per heavy atom. The molecule has 0 nitrogen and oxygen atoms in total. The van der Waals surface area contributed by atoms with Crippen LogP contribution >= 0.6 is 9.24 Å². The minimum absolute atomic E-state index is 0.816. The lowest BCUT2D eigenvalue weighted by Gasteiger charge is -1.90. The van der Waals surface area contributed by atoms with Crippen molar-refractivity contribution in [1.29, 1.82) is 0 Å². The predicted molar refractivity (Wildman–Crippen MR) is 41.2 cm³/mol. The van der Waals surface area contributed by atoms with Gasteiger partial charge in [0.25, 0.3) is 0 Å². The van der Waals surface area contributed by atoms with Crippen molar-refractivity contribution >= 4 is 27.9 Å². The minimum Gasteiger partial charge on any atom is -0.106 e. The number of rotatable bonds is 0. The Balaban J connectivity index is 3.03. The predicted octanol–water partition coefficient (Wildman–Crippen LogP) is -0.0192. The van der Waals surface area contributed by atoms with Crippen LogP contribution in [0.1, 0.15) is 0 Å². The zero-order valence-corrected chi connectivity index (χ0v) is 5.62. The normalized spacial score (nSPS) is 9.12. The molecule has 8 heavy (non-hydrogen) atoms. The summed E-state index contributed by atoms with van der Waals surface area (Å²) in [5.74, 6) is 0. The quantitative estimate of drug-likeness (QED) is 0.333. The maximum Gasteiger partial charge on any atom is 0.113 e. The van der Waals surface area contributed by atoms with Gasteiger partial charge < -0.3 is 0 Å². The van der Waals surface area contributed by atoms with Crippen LogP contribution in [0.3, 0.4) is 0 Å². The molecule has 0 aliphatic carbocycles. The summed E-state index contributed by atoms with van der Waals surface area (Å²) in [5.41, 5.74) is 0.816. The first-order chi connectivity index (χ1) is 3.79. The summed E-state index contributed by atoms with van der Waals surface area (Å²) in [6.45, 7) is 0. The summed E-state index contributed by atoms with van der Waals surface area (Å²) >= 11 is 0. The van der Waals surface area contributed by atoms with Gasteiger partial charge in [-0.3, -0.25) is 0 Å². The highest BCUT2D eigenvalue weighted by Gasteiger charge is 1.79. The standard InChI is InChI=1S/C6H6BP/c7-5-1-3-6(8)4-2-5/h1-4H,8H2. The summed E-state index contributed by atoms with van der Waals surface area (Å²) in [6, 6.07) is 7.67. The van der Waals surface area contributed by atoms with Crippen molar-refractivity contribution in [2.75, 3.05) is 0 Å². The monoisotopic (exact) mass is 120 g/mol. The topological polar surface area (TPSA) is 0 Å². The summed E-state index contributed by atoms with van der Waals surface area (Å²) in [5, 5.41) is 1.17. The van der Waals surface area contributed by atoms with Crippen LogP contribution in [0.2, 0.25) is 0 Å². The molecule has 0 aromatic heterocycles. The molecule has 2 heteroatoms. The molecule has 1 unspecified atom stereocenters. The molecule has 0 N–H and O–H groups in total. The first kappa shape index (κ1) is 5.84. The molecular weight excluding hydrogens is 114 g/mol. The summed E-state index contributed by atoms with van der Waals surface area (Å²) in [4.78, 5) is 0. The summed E-state index contributed by atoms with van der Waals surface area (Å²) in [6.07, 6.45) is 0. The highest BCUT2D eigenvalue weighted by Crippen LogP contribution is 1.84. The molecule has 0 aliphatic heterocycles. The SMILES string of the molecule is [B]c1ccc(P)cc1. The largest absolute Gasteiger partial charge is 0.113 e. The van der Waals surface area contributed by atoms with Crippen molar-refractivity contribution < 1.29 is 0 Å². The van der Waals surface area contributed by atoms with Gasteiger partial charge >= 0.3 is 0 Å². The Bertz CT molecular complexity index is 147. The van der Waals surface area contributed by atoms with Crippen LogP contribution in [0, 0.1) is 0 Å². The van der Waals surface area contributed by atoms with Crippen LogP contribution in [0.25, 0.3) is 0 Å². The van der Waals surface area contributed by atoms with Crippen molar-refractivity contribution in [2.45, 2.75) is 0 Å². The highest BCUT2D eigenvalue weighted by molar-refractivity contribution is 7.27. The molecule has 1 aromatic carbocycles. The Kier molecular flexibility index (Phi) is 1.70. The highest BCUT2D eigenvalue weighted by atomic mass is 31.0. The van der Waals surface area contributed by atoms with E-state index < -0.39 is 0 Å². The van der Waals surface area contributed by atoms with E-state index in [0.717, 1.165) is 5.46 Å². The van der Waals surface area contributed by atoms with E-state index in [-0.39, 0.29) is 0 Å². The van der Waals surface area contributed by atoms with Crippen molar-refractivity contribution in [3.8, 4) is 0 Å². The Labute approximate surface area is 52.9 Å². The van der Waals surface area contributed by atoms with Gasteiger partial charge in [0.1, 0.15) is 7.85 Å². The molecule has 1 atom stereocenters. The van der Waals surface area contributed by atoms with Gasteiger partial charge in [-0.05, 0) is 5.30 Å². The molecule has 0 spiro atoms. The third-order valence-electron chi connectivity index (χ3n) is 0.936. The fraction of sp³-hybridized carbons (Fsp3) is 0. The van der Waals surface area contributed by atoms with Crippen LogP contribution in [0.15, 0.2) is 24.3 Å². The molecule has 1 rings (SSSR count). The van der Waals surface area contributed by atoms with Crippen LogP contribution in [-0.2, 0) is 0 Å². The molecule has 0 saturated heterocycles. The van der Waals surface area contributed by atoms with E-state index >= 15 is 0 Å². The Morgan fingerprint density at radius 2 is 1.62 bits per heavy atom. The fourth-order valence-electron chi connectivity index (χ4n) is 0.496. The van der Waals surface area contributed by atoms with Gasteiger partial charge in [-0.1, -0.05) is 29.7 Å². The lowest BCUT2D eigenvalue weighted by Crippen LogP contribution is -2.03. The van der Waals surface area contributed by atoms with Crippen molar-refractivity contribution in [1.82, 2.24) is 0 Å². The van der Waals surface area contributed by atoms with E-state index in [1.165, 1.54) is 5.30 Å². The zero-order chi connectivity index (χ0) is 5.98. The van der Waals surface area contributed by atoms with Gasteiger partial charge in [0.15, 0.2) is 0 Å². The van der Waals surface area contributed by atoms with E-state index in [2.05, 4.69) is 9.24 Å². The van der Waals surface area contributed by atoms with Crippen molar-refractivity contribution in [3.05, 3.63) is 24.3 Å². The van der Waals surface area contributed by atoms with Crippen molar-refractivity contribution in [3.63, 3.8) is 0 Å². The molecule has 1 aromatic rings. The molecule has 0 saturated carbocycles. The average molecular weight is 120 g/mol. The van der Waals surface area contributed by atoms with Gasteiger partial charge in [-0.15, -0.1) is 9.24 Å². The number of benzene rings is 1. The minimum atomic E-state index is 0.816. The average Bonchev–Trinajstić information content (AvgIpc) is 1.77. The second-order valence-electron chi connectivity index (χ2n) is 1.67. The summed E-state index contributed by atoms with van der Waals surface area (Å²) < 4.78 is 0. The second-order valence-corrected chi connectivity index (χ2v) is 2.33. The van der Waals surface area contributed by atoms with Gasteiger partial charge in [0.2, 0.25) is 0 Å². The third-order valence-corrected chi connectivity index (χ3v) is 1.32. The van der Waals surface area contributed by atoms with Crippen LogP contribution < -0.4 is 10.8 Å². The van der Waals surface area contributed by atoms with Gasteiger partial charge in [-0.25, -0.2) is 0 Å². The van der Waals surface area contributed by atoms with E-state index in [1.54, 1.807) is 0 Å². The van der Waals surface area contributed by atoms with Crippen molar-refractivity contribution in [2.24, 2.45) is 0 Å². The summed E-state index contributed by atoms with van der Waals surface area (Å²) in [7, 11) is 8.01. The van der Waals surface area contributed by atoms with Gasteiger partial charge in [0, 0.05) is 0 Å². The van der Waals surface area contributed by atoms with E-state index in [1.807, 2.05) is 24.3 Å². The maximum atomic E-state index is 5.42. The van der Waals surface area contributed by atoms with Gasteiger partial charge in [0.05, 0.1) is 0 Å². The molecule has 0 aliphatic rings. The first-order valence-electron chi connectivity index (χ1n) is 2.40. The molecule has 0 amide bonds. The van der Waals surface area contributed by atoms with E-state index in [0.29, 0.717) is 0 Å². The Hall–Kier alpha value is -0.285. The lowest BCUT2D eigenvalue weighted by molar-refractivity contribution is 1.85. The van der Waals surface area contributed by atoms with Crippen LogP contribution in [0.4, 0.5) is 0 Å². The van der Waals surface area contributed by atoms with Gasteiger partial charge in [-0.2, -0.15) is 0 Å². The maximum absolute atomic E-state index is 5.42. The molecular formula is C6H6BP. The Morgan fingerprint density at radius 3 is 2.00 bits per heavy atom. The van der Waals surface area contributed by atoms with E-state index in [4.69, 9.17) is 7.85 Å². The van der Waals surface area contributed by atoms with E-state index in [9.17, 15) is 0 Å². The number of hydrogen-bond donors (Lipinski definition) is 0. The second kappa shape index (κ2) is 2.32. The van der Waals surface area contributed by atoms with Crippen LogP contribution in [-0.4, -0.2) is 7.85 Å². The van der Waals surface area contributed by atoms with Crippen LogP contribution in [0.5, 0.6) is 0 Å². The molecule has 0 fully saturated rings. The fourth-order valence-corrected chi connectivity index (χ4v) is 0.688. The molecule has 0 heterocycles. The first-order valence-corrected chi connectivity index (χ1v) is 2.98. The smallest absolute Gasteiger partial charge is 0.106 e. The molecule has 38 valence electrons.